The van der Waals surface area contributed by atoms with Gasteiger partial charge in [0.15, 0.2) is 36.3 Å². The van der Waals surface area contributed by atoms with Crippen molar-refractivity contribution in [3.63, 3.8) is 0 Å². The number of rotatable bonds is 8. The average Bonchev–Trinajstić information content (AvgIpc) is 3.03. The zero-order valence-corrected chi connectivity index (χ0v) is 13.6. The number of hydrogen-bond acceptors (Lipinski definition) is 10. The van der Waals surface area contributed by atoms with Crippen LogP contribution >= 0.6 is 0 Å². The van der Waals surface area contributed by atoms with Crippen LogP contribution in [0.1, 0.15) is 42.3 Å². The largest absolute Gasteiger partial charge is 0.519 e. The average molecular weight is 356 g/mol. The summed E-state index contributed by atoms with van der Waals surface area (Å²) in [5.41, 5.74) is 0. The maximum absolute atomic E-state index is 11.6. The highest BCUT2D eigenvalue weighted by Crippen LogP contribution is 2.10. The van der Waals surface area contributed by atoms with Gasteiger partial charge in [-0.3, -0.25) is 9.59 Å². The minimum Gasteiger partial charge on any atom is -0.457 e. The Kier molecular flexibility index (Phi) is 5.98. The van der Waals surface area contributed by atoms with Gasteiger partial charge in [-0.05, 0) is 20.3 Å². The van der Waals surface area contributed by atoms with E-state index in [2.05, 4.69) is 17.7 Å². The number of esters is 2. The van der Waals surface area contributed by atoms with Crippen molar-refractivity contribution in [2.75, 3.05) is 0 Å². The molecule has 2 aromatic rings. The van der Waals surface area contributed by atoms with Crippen LogP contribution < -0.4 is 11.6 Å². The first kappa shape index (κ1) is 18.3. The number of ether oxygens (including phenoxy) is 2. The lowest BCUT2D eigenvalue weighted by Crippen LogP contribution is -2.08. The summed E-state index contributed by atoms with van der Waals surface area (Å²) in [5, 5.41) is 0. The highest BCUT2D eigenvalue weighted by molar-refractivity contribution is 5.72. The molecular weight excluding hydrogens is 340 g/mol. The molecule has 25 heavy (non-hydrogen) atoms. The second kappa shape index (κ2) is 8.18. The molecule has 0 aliphatic carbocycles. The maximum Gasteiger partial charge on any atom is 0.519 e. The third-order valence-corrected chi connectivity index (χ3v) is 3.16. The summed E-state index contributed by atoms with van der Waals surface area (Å²) < 4.78 is 28.4. The van der Waals surface area contributed by atoms with Crippen LogP contribution in [0.2, 0.25) is 0 Å². The van der Waals surface area contributed by atoms with Crippen molar-refractivity contribution >= 4 is 11.9 Å². The van der Waals surface area contributed by atoms with Gasteiger partial charge in [0.05, 0.1) is 0 Å². The quantitative estimate of drug-likeness (QED) is 0.636. The van der Waals surface area contributed by atoms with Crippen molar-refractivity contribution in [3.8, 4) is 0 Å². The van der Waals surface area contributed by atoms with Gasteiger partial charge in [-0.25, -0.2) is 9.59 Å². The molecule has 0 saturated carbocycles. The predicted molar refractivity (Wildman–Crippen MR) is 77.4 cm³/mol. The van der Waals surface area contributed by atoms with E-state index in [1.165, 1.54) is 13.8 Å². The van der Waals surface area contributed by atoms with Gasteiger partial charge in [0.25, 0.3) is 0 Å². The molecule has 0 amide bonds. The zero-order chi connectivity index (χ0) is 18.4. The monoisotopic (exact) mass is 356 g/mol. The normalized spacial score (nSPS) is 10.6. The molecule has 0 radical (unpaired) electrons. The van der Waals surface area contributed by atoms with Gasteiger partial charge in [0.2, 0.25) is 0 Å². The Balaban J connectivity index is 1.64. The van der Waals surface area contributed by atoms with E-state index >= 15 is 0 Å². The first-order chi connectivity index (χ1) is 11.8. The Hall–Kier alpha value is -3.04. The van der Waals surface area contributed by atoms with Gasteiger partial charge < -0.3 is 27.1 Å². The zero-order valence-electron chi connectivity index (χ0n) is 13.6. The standard InChI is InChI=1S/C15H16O10/c1-8-10(24-14(18)22-8)6-20-12(16)4-3-5-13(17)21-7-11-9(2)23-15(19)25-11/h3-7H2,1-2H3. The molecule has 0 N–H and O–H groups in total. The fourth-order valence-corrected chi connectivity index (χ4v) is 1.83. The summed E-state index contributed by atoms with van der Waals surface area (Å²) in [6.07, 6.45) is 0.173. The first-order valence-corrected chi connectivity index (χ1v) is 7.35. The third-order valence-electron chi connectivity index (χ3n) is 3.16. The van der Waals surface area contributed by atoms with E-state index in [0.717, 1.165) is 0 Å². The first-order valence-electron chi connectivity index (χ1n) is 7.35. The van der Waals surface area contributed by atoms with Crippen LogP contribution in [-0.2, 0) is 32.3 Å². The molecule has 2 heterocycles. The minimum atomic E-state index is -0.866. The molecule has 2 aromatic heterocycles. The number of carbonyl (C=O) groups is 2. The van der Waals surface area contributed by atoms with Crippen molar-refractivity contribution in [3.05, 3.63) is 44.3 Å². The van der Waals surface area contributed by atoms with Crippen molar-refractivity contribution in [2.45, 2.75) is 46.3 Å². The van der Waals surface area contributed by atoms with Gasteiger partial charge >= 0.3 is 23.6 Å². The van der Waals surface area contributed by atoms with Crippen LogP contribution in [0.5, 0.6) is 0 Å². The van der Waals surface area contributed by atoms with Crippen molar-refractivity contribution < 1.29 is 36.7 Å². The molecule has 0 aliphatic heterocycles. The van der Waals surface area contributed by atoms with Gasteiger partial charge in [-0.2, -0.15) is 0 Å². The molecule has 0 fully saturated rings. The van der Waals surface area contributed by atoms with Crippen LogP contribution in [0.25, 0.3) is 0 Å². The van der Waals surface area contributed by atoms with E-state index < -0.39 is 23.6 Å². The molecule has 0 spiro atoms. The van der Waals surface area contributed by atoms with Crippen LogP contribution in [0.15, 0.2) is 27.3 Å². The van der Waals surface area contributed by atoms with E-state index in [1.54, 1.807) is 0 Å². The molecule has 0 aliphatic rings. The van der Waals surface area contributed by atoms with Gasteiger partial charge in [0.1, 0.15) is 0 Å². The van der Waals surface area contributed by atoms with Crippen molar-refractivity contribution in [2.24, 2.45) is 0 Å². The molecule has 0 atom stereocenters. The van der Waals surface area contributed by atoms with E-state index in [4.69, 9.17) is 9.47 Å². The molecule has 0 unspecified atom stereocenters. The van der Waals surface area contributed by atoms with E-state index in [0.29, 0.717) is 0 Å². The third kappa shape index (κ3) is 5.52. The van der Waals surface area contributed by atoms with Crippen molar-refractivity contribution in [1.29, 1.82) is 0 Å². The lowest BCUT2D eigenvalue weighted by Gasteiger charge is -2.04. The number of hydrogen-bond donors (Lipinski definition) is 0. The van der Waals surface area contributed by atoms with Gasteiger partial charge in [-0.1, -0.05) is 0 Å². The fourth-order valence-electron chi connectivity index (χ4n) is 1.83. The molecule has 136 valence electrons. The van der Waals surface area contributed by atoms with E-state index in [1.807, 2.05) is 0 Å². The SMILES string of the molecule is Cc1oc(=O)oc1COC(=O)CCCC(=O)OCc1oc(=O)oc1C. The summed E-state index contributed by atoms with van der Waals surface area (Å²) in [7, 11) is 0. The summed E-state index contributed by atoms with van der Waals surface area (Å²) >= 11 is 0. The Labute approximate surface area is 140 Å². The van der Waals surface area contributed by atoms with Crippen molar-refractivity contribution in [1.82, 2.24) is 0 Å². The Morgan fingerprint density at radius 1 is 0.760 bits per heavy atom. The van der Waals surface area contributed by atoms with Crippen LogP contribution in [0.4, 0.5) is 0 Å². The molecule has 2 rings (SSSR count). The summed E-state index contributed by atoms with van der Waals surface area (Å²) in [4.78, 5) is 44.8. The van der Waals surface area contributed by atoms with E-state index in [9.17, 15) is 19.2 Å². The lowest BCUT2D eigenvalue weighted by molar-refractivity contribution is -0.147. The maximum atomic E-state index is 11.6. The predicted octanol–water partition coefficient (Wildman–Crippen LogP) is 1.35. The summed E-state index contributed by atoms with van der Waals surface area (Å²) in [6.45, 7) is 2.57. The highest BCUT2D eigenvalue weighted by Gasteiger charge is 2.14. The van der Waals surface area contributed by atoms with Crippen LogP contribution in [-0.4, -0.2) is 11.9 Å². The second-order valence-electron chi connectivity index (χ2n) is 5.04. The summed E-state index contributed by atoms with van der Waals surface area (Å²) in [6, 6.07) is 0. The van der Waals surface area contributed by atoms with Gasteiger partial charge in [-0.15, -0.1) is 0 Å². The fraction of sp³-hybridized carbons (Fsp3) is 0.467. The van der Waals surface area contributed by atoms with Gasteiger partial charge in [0, 0.05) is 12.8 Å². The highest BCUT2D eigenvalue weighted by atomic mass is 16.6. The number of aryl methyl sites for hydroxylation is 2. The van der Waals surface area contributed by atoms with E-state index in [-0.39, 0.29) is 55.5 Å². The number of carbonyl (C=O) groups excluding carboxylic acids is 2. The Morgan fingerprint density at radius 2 is 1.16 bits per heavy atom. The molecule has 0 bridgehead atoms. The molecule has 10 nitrogen and oxygen atoms in total. The summed E-state index contributed by atoms with van der Waals surface area (Å²) in [5.74, 6) is -2.11. The Morgan fingerprint density at radius 3 is 1.48 bits per heavy atom. The molecule has 0 aromatic carbocycles. The molecule has 10 heteroatoms. The Bertz CT molecular complexity index is 776. The topological polar surface area (TPSA) is 139 Å². The molecular formula is C15H16O10. The molecule has 0 saturated heterocycles. The van der Waals surface area contributed by atoms with Crippen LogP contribution in [0, 0.1) is 13.8 Å². The van der Waals surface area contributed by atoms with Crippen LogP contribution in [0.3, 0.4) is 0 Å². The second-order valence-corrected chi connectivity index (χ2v) is 5.04. The minimum absolute atomic E-state index is 0.0178. The smallest absolute Gasteiger partial charge is 0.457 e. The lowest BCUT2D eigenvalue weighted by atomic mass is 10.2.